The lowest BCUT2D eigenvalue weighted by Gasteiger charge is -2.37. The molecule has 4 heteroatoms. The highest BCUT2D eigenvalue weighted by atomic mass is 32.2. The first-order chi connectivity index (χ1) is 8.72. The maximum atomic E-state index is 5.88. The third-order valence-electron chi connectivity index (χ3n) is 3.64. The predicted molar refractivity (Wildman–Crippen MR) is 83.5 cm³/mol. The number of ether oxygens (including phenoxy) is 1. The van der Waals surface area contributed by atoms with Crippen molar-refractivity contribution in [2.45, 2.75) is 55.4 Å². The van der Waals surface area contributed by atoms with Crippen LogP contribution in [0, 0.1) is 0 Å². The Morgan fingerprint density at radius 3 is 2.89 bits per heavy atom. The highest BCUT2D eigenvalue weighted by Gasteiger charge is 2.33. The summed E-state index contributed by atoms with van der Waals surface area (Å²) in [5.74, 6) is 2.43. The molecule has 0 aromatic heterocycles. The average Bonchev–Trinajstić information content (AvgIpc) is 2.40. The van der Waals surface area contributed by atoms with Crippen molar-refractivity contribution < 1.29 is 4.74 Å². The molecule has 2 heterocycles. The zero-order chi connectivity index (χ0) is 13.0. The lowest BCUT2D eigenvalue weighted by Crippen LogP contribution is -2.45. The van der Waals surface area contributed by atoms with Gasteiger partial charge in [-0.1, -0.05) is 20.8 Å². The summed E-state index contributed by atoms with van der Waals surface area (Å²) in [6.07, 6.45) is 4.64. The lowest BCUT2D eigenvalue weighted by molar-refractivity contribution is 0.168. The van der Waals surface area contributed by atoms with Crippen LogP contribution in [0.5, 0.6) is 0 Å². The SMILES string of the molecule is CCNC(C1=CCCCO1)C1CSC(C)C(C)S1. The summed E-state index contributed by atoms with van der Waals surface area (Å²) in [6.45, 7) is 8.79. The van der Waals surface area contributed by atoms with E-state index in [2.05, 4.69) is 55.7 Å². The van der Waals surface area contributed by atoms with Crippen LogP contribution >= 0.6 is 23.5 Å². The molecule has 1 saturated heterocycles. The molecular weight excluding hydrogens is 262 g/mol. The predicted octanol–water partition coefficient (Wildman–Crippen LogP) is 3.28. The number of rotatable bonds is 4. The molecule has 0 radical (unpaired) electrons. The molecule has 0 aliphatic carbocycles. The minimum Gasteiger partial charge on any atom is -0.497 e. The molecule has 1 fully saturated rings. The molecule has 0 aromatic carbocycles. The molecule has 0 aromatic rings. The van der Waals surface area contributed by atoms with Gasteiger partial charge >= 0.3 is 0 Å². The Balaban J connectivity index is 2.02. The molecule has 104 valence electrons. The number of hydrogen-bond acceptors (Lipinski definition) is 4. The normalized spacial score (nSPS) is 34.6. The van der Waals surface area contributed by atoms with Crippen molar-refractivity contribution in [3.63, 3.8) is 0 Å². The standard InChI is InChI=1S/C14H25NOS2/c1-4-15-14(12-7-5-6-8-16-12)13-9-17-10(2)11(3)18-13/h7,10-11,13-15H,4-6,8-9H2,1-3H3. The molecule has 2 aliphatic rings. The Kier molecular flexibility index (Phi) is 5.77. The number of nitrogens with one attached hydrogen (secondary N) is 1. The molecule has 2 rings (SSSR count). The second-order valence-corrected chi connectivity index (χ2v) is 8.08. The van der Waals surface area contributed by atoms with Crippen molar-refractivity contribution in [1.29, 1.82) is 0 Å². The molecular formula is C14H25NOS2. The van der Waals surface area contributed by atoms with Crippen LogP contribution in [0.3, 0.4) is 0 Å². The average molecular weight is 287 g/mol. The van der Waals surface area contributed by atoms with Crippen LogP contribution in [-0.2, 0) is 4.74 Å². The van der Waals surface area contributed by atoms with Crippen LogP contribution in [-0.4, -0.2) is 40.7 Å². The van der Waals surface area contributed by atoms with E-state index in [4.69, 9.17) is 4.74 Å². The molecule has 18 heavy (non-hydrogen) atoms. The molecule has 2 nitrogen and oxygen atoms in total. The second kappa shape index (κ2) is 7.11. The fourth-order valence-corrected chi connectivity index (χ4v) is 5.51. The third-order valence-corrected chi connectivity index (χ3v) is 7.13. The van der Waals surface area contributed by atoms with E-state index in [0.29, 0.717) is 11.3 Å². The summed E-state index contributed by atoms with van der Waals surface area (Å²) in [7, 11) is 0. The van der Waals surface area contributed by atoms with E-state index in [1.54, 1.807) is 0 Å². The third kappa shape index (κ3) is 3.61. The van der Waals surface area contributed by atoms with Crippen LogP contribution in [0.15, 0.2) is 11.8 Å². The summed E-state index contributed by atoms with van der Waals surface area (Å²) in [5.41, 5.74) is 0. The summed E-state index contributed by atoms with van der Waals surface area (Å²) in [6, 6.07) is 0.405. The van der Waals surface area contributed by atoms with Gasteiger partial charge in [0.1, 0.15) is 5.76 Å². The van der Waals surface area contributed by atoms with E-state index < -0.39 is 0 Å². The van der Waals surface area contributed by atoms with Gasteiger partial charge in [0.2, 0.25) is 0 Å². The van der Waals surface area contributed by atoms with Crippen LogP contribution in [0.2, 0.25) is 0 Å². The van der Waals surface area contributed by atoms with Gasteiger partial charge in [0.25, 0.3) is 0 Å². The Morgan fingerprint density at radius 1 is 1.44 bits per heavy atom. The van der Waals surface area contributed by atoms with Gasteiger partial charge in [-0.05, 0) is 25.5 Å². The zero-order valence-electron chi connectivity index (χ0n) is 11.6. The van der Waals surface area contributed by atoms with E-state index >= 15 is 0 Å². The van der Waals surface area contributed by atoms with E-state index in [-0.39, 0.29) is 0 Å². The van der Waals surface area contributed by atoms with Crippen LogP contribution < -0.4 is 5.32 Å². The zero-order valence-corrected chi connectivity index (χ0v) is 13.3. The molecule has 4 atom stereocenters. The van der Waals surface area contributed by atoms with Crippen molar-refractivity contribution in [2.24, 2.45) is 0 Å². The number of allylic oxidation sites excluding steroid dienone is 1. The van der Waals surface area contributed by atoms with Crippen LogP contribution in [0.25, 0.3) is 0 Å². The van der Waals surface area contributed by atoms with Gasteiger partial charge in [-0.15, -0.1) is 0 Å². The number of likely N-dealkylation sites (N-methyl/N-ethyl adjacent to an activating group) is 1. The molecule has 0 spiro atoms. The van der Waals surface area contributed by atoms with E-state index in [0.717, 1.165) is 23.7 Å². The molecule has 2 aliphatic heterocycles. The first-order valence-electron chi connectivity index (χ1n) is 7.05. The van der Waals surface area contributed by atoms with Gasteiger partial charge in [-0.3, -0.25) is 0 Å². The van der Waals surface area contributed by atoms with Gasteiger partial charge in [0.05, 0.1) is 12.6 Å². The summed E-state index contributed by atoms with van der Waals surface area (Å²) < 4.78 is 5.88. The fourth-order valence-electron chi connectivity index (χ4n) is 2.41. The topological polar surface area (TPSA) is 21.3 Å². The van der Waals surface area contributed by atoms with Gasteiger partial charge in [0.15, 0.2) is 0 Å². The molecule has 1 N–H and O–H groups in total. The molecule has 0 saturated carbocycles. The highest BCUT2D eigenvalue weighted by Crippen LogP contribution is 2.38. The molecule has 0 bridgehead atoms. The minimum atomic E-state index is 0.405. The van der Waals surface area contributed by atoms with Gasteiger partial charge < -0.3 is 10.1 Å². The number of thioether (sulfide) groups is 2. The first-order valence-corrected chi connectivity index (χ1v) is 9.04. The van der Waals surface area contributed by atoms with E-state index in [1.807, 2.05) is 0 Å². The molecule has 4 unspecified atom stereocenters. The van der Waals surface area contributed by atoms with Crippen molar-refractivity contribution in [2.75, 3.05) is 18.9 Å². The molecule has 0 amide bonds. The Labute approximate surface area is 120 Å². The summed E-state index contributed by atoms with van der Waals surface area (Å²) >= 11 is 4.24. The summed E-state index contributed by atoms with van der Waals surface area (Å²) in [4.78, 5) is 0. The highest BCUT2D eigenvalue weighted by molar-refractivity contribution is 8.07. The van der Waals surface area contributed by atoms with Crippen molar-refractivity contribution >= 4 is 23.5 Å². The van der Waals surface area contributed by atoms with Gasteiger partial charge in [-0.25, -0.2) is 0 Å². The van der Waals surface area contributed by atoms with E-state index in [9.17, 15) is 0 Å². The fraction of sp³-hybridized carbons (Fsp3) is 0.857. The largest absolute Gasteiger partial charge is 0.497 e. The Morgan fingerprint density at radius 2 is 2.28 bits per heavy atom. The monoisotopic (exact) mass is 287 g/mol. The van der Waals surface area contributed by atoms with Crippen molar-refractivity contribution in [1.82, 2.24) is 5.32 Å². The maximum Gasteiger partial charge on any atom is 0.110 e. The quantitative estimate of drug-likeness (QED) is 0.856. The Hall–Kier alpha value is 0.200. The first kappa shape index (κ1) is 14.6. The van der Waals surface area contributed by atoms with E-state index in [1.165, 1.54) is 24.4 Å². The minimum absolute atomic E-state index is 0.405. The van der Waals surface area contributed by atoms with Crippen LogP contribution in [0.1, 0.15) is 33.6 Å². The number of hydrogen-bond donors (Lipinski definition) is 1. The Bertz CT molecular complexity index is 296. The summed E-state index contributed by atoms with van der Waals surface area (Å²) in [5, 5.41) is 5.78. The maximum absolute atomic E-state index is 5.88. The van der Waals surface area contributed by atoms with Crippen LogP contribution in [0.4, 0.5) is 0 Å². The van der Waals surface area contributed by atoms with Gasteiger partial charge in [0, 0.05) is 21.5 Å². The lowest BCUT2D eigenvalue weighted by atomic mass is 10.1. The second-order valence-electron chi connectivity index (χ2n) is 5.05. The smallest absolute Gasteiger partial charge is 0.110 e. The van der Waals surface area contributed by atoms with Crippen molar-refractivity contribution in [3.8, 4) is 0 Å². The van der Waals surface area contributed by atoms with Gasteiger partial charge in [-0.2, -0.15) is 23.5 Å². The van der Waals surface area contributed by atoms with Crippen molar-refractivity contribution in [3.05, 3.63) is 11.8 Å².